The maximum atomic E-state index is 15.9. The molecule has 2 aromatic heterocycles. The highest BCUT2D eigenvalue weighted by atomic mass is 19.4. The third-order valence-electron chi connectivity index (χ3n) is 7.44. The average Bonchev–Trinajstić information content (AvgIpc) is 3.36. The predicted octanol–water partition coefficient (Wildman–Crippen LogP) is 6.58. The van der Waals surface area contributed by atoms with Gasteiger partial charge in [-0.3, -0.25) is 14.3 Å². The molecule has 1 saturated heterocycles. The molecular weight excluding hydrogens is 578 g/mol. The molecule has 12 heteroatoms. The van der Waals surface area contributed by atoms with Crippen LogP contribution >= 0.6 is 0 Å². The molecule has 3 aromatic carbocycles. The number of para-hydroxylation sites is 1. The van der Waals surface area contributed by atoms with E-state index in [2.05, 4.69) is 14.7 Å². The number of pyridine rings is 1. The lowest BCUT2D eigenvalue weighted by Crippen LogP contribution is -2.49. The van der Waals surface area contributed by atoms with E-state index in [1.165, 1.54) is 24.3 Å². The number of ether oxygens (including phenoxy) is 2. The van der Waals surface area contributed by atoms with Crippen LogP contribution in [0.15, 0.2) is 85.2 Å². The van der Waals surface area contributed by atoms with E-state index >= 15 is 4.39 Å². The van der Waals surface area contributed by atoms with Gasteiger partial charge in [0.25, 0.3) is 5.91 Å². The van der Waals surface area contributed by atoms with Crippen molar-refractivity contribution in [2.24, 2.45) is 0 Å². The first kappa shape index (κ1) is 29.0. The summed E-state index contributed by atoms with van der Waals surface area (Å²) in [6.45, 7) is 3.49. The molecular formula is C32H27F4N5O3. The number of benzene rings is 3. The van der Waals surface area contributed by atoms with Crippen LogP contribution in [0.3, 0.4) is 0 Å². The fourth-order valence-corrected chi connectivity index (χ4v) is 5.22. The first-order valence-corrected chi connectivity index (χ1v) is 13.9. The topological polar surface area (TPSA) is 72.7 Å². The van der Waals surface area contributed by atoms with E-state index in [-0.39, 0.29) is 24.2 Å². The van der Waals surface area contributed by atoms with Crippen LogP contribution in [-0.2, 0) is 6.54 Å². The van der Waals surface area contributed by atoms with Crippen molar-refractivity contribution < 1.29 is 31.8 Å². The van der Waals surface area contributed by atoms with Crippen molar-refractivity contribution >= 4 is 22.6 Å². The molecule has 0 radical (unpaired) electrons. The molecule has 0 N–H and O–H groups in total. The number of carbonyl (C=O) groups is 1. The minimum Gasteiger partial charge on any atom is -0.425 e. The van der Waals surface area contributed by atoms with Gasteiger partial charge in [-0.05, 0) is 55.0 Å². The van der Waals surface area contributed by atoms with Crippen LogP contribution in [-0.4, -0.2) is 57.9 Å². The number of hydrogen-bond acceptors (Lipinski definition) is 6. The monoisotopic (exact) mass is 605 g/mol. The normalized spacial score (nSPS) is 13.8. The fraction of sp³-hybridized carbons (Fsp3) is 0.219. The molecule has 6 rings (SSSR count). The summed E-state index contributed by atoms with van der Waals surface area (Å²) in [5.74, 6) is -0.340. The van der Waals surface area contributed by atoms with Gasteiger partial charge in [0, 0.05) is 49.7 Å². The van der Waals surface area contributed by atoms with Crippen molar-refractivity contribution in [2.75, 3.05) is 31.1 Å². The van der Waals surface area contributed by atoms with Crippen LogP contribution in [0.2, 0.25) is 0 Å². The molecule has 3 heterocycles. The second-order valence-corrected chi connectivity index (χ2v) is 10.3. The van der Waals surface area contributed by atoms with Crippen molar-refractivity contribution in [2.45, 2.75) is 19.8 Å². The zero-order valence-electron chi connectivity index (χ0n) is 23.6. The largest absolute Gasteiger partial charge is 0.573 e. The Balaban J connectivity index is 1.32. The molecule has 0 bridgehead atoms. The van der Waals surface area contributed by atoms with Crippen molar-refractivity contribution in [1.82, 2.24) is 19.4 Å². The Morgan fingerprint density at radius 1 is 0.909 bits per heavy atom. The van der Waals surface area contributed by atoms with Crippen molar-refractivity contribution in [3.8, 4) is 17.5 Å². The number of nitrogens with zero attached hydrogens (tertiary/aromatic N) is 5. The SMILES string of the molecule is Cc1c(F)c(N2CCN(C(=O)c3ccncc3)CC2)cc2c1nc(Oc1ccccc1)n2Cc1ccc(OC(F)(F)F)cc1. The maximum Gasteiger partial charge on any atom is 0.573 e. The average molecular weight is 606 g/mol. The minimum atomic E-state index is -4.80. The van der Waals surface area contributed by atoms with Gasteiger partial charge in [0.2, 0.25) is 0 Å². The Labute approximate surface area is 250 Å². The van der Waals surface area contributed by atoms with Crippen molar-refractivity contribution in [3.05, 3.63) is 108 Å². The summed E-state index contributed by atoms with van der Waals surface area (Å²) >= 11 is 0. The van der Waals surface area contributed by atoms with Crippen molar-refractivity contribution in [3.63, 3.8) is 0 Å². The van der Waals surface area contributed by atoms with E-state index in [1.807, 2.05) is 23.1 Å². The van der Waals surface area contributed by atoms with E-state index in [9.17, 15) is 18.0 Å². The third-order valence-corrected chi connectivity index (χ3v) is 7.44. The lowest BCUT2D eigenvalue weighted by molar-refractivity contribution is -0.274. The van der Waals surface area contributed by atoms with E-state index in [0.29, 0.717) is 65.3 Å². The Morgan fingerprint density at radius 3 is 2.25 bits per heavy atom. The molecule has 226 valence electrons. The van der Waals surface area contributed by atoms with Gasteiger partial charge in [-0.15, -0.1) is 13.2 Å². The summed E-state index contributed by atoms with van der Waals surface area (Å²) in [5, 5.41) is 0. The lowest BCUT2D eigenvalue weighted by atomic mass is 10.1. The smallest absolute Gasteiger partial charge is 0.425 e. The number of anilines is 1. The summed E-state index contributed by atoms with van der Waals surface area (Å²) in [4.78, 5) is 25.1. The van der Waals surface area contributed by atoms with Crippen LogP contribution in [0.25, 0.3) is 11.0 Å². The fourth-order valence-electron chi connectivity index (χ4n) is 5.22. The highest BCUT2D eigenvalue weighted by Gasteiger charge is 2.31. The van der Waals surface area contributed by atoms with E-state index in [4.69, 9.17) is 4.74 Å². The zero-order valence-corrected chi connectivity index (χ0v) is 23.6. The van der Waals surface area contributed by atoms with Crippen LogP contribution < -0.4 is 14.4 Å². The van der Waals surface area contributed by atoms with Gasteiger partial charge in [0.05, 0.1) is 23.3 Å². The molecule has 0 saturated carbocycles. The number of hydrogen-bond donors (Lipinski definition) is 0. The second-order valence-electron chi connectivity index (χ2n) is 10.3. The van der Waals surface area contributed by atoms with Gasteiger partial charge in [0.1, 0.15) is 11.5 Å². The number of aromatic nitrogens is 3. The molecule has 0 aliphatic carbocycles. The molecule has 0 unspecified atom stereocenters. The number of piperazine rings is 1. The number of alkyl halides is 3. The van der Waals surface area contributed by atoms with Gasteiger partial charge in [0.15, 0.2) is 5.82 Å². The first-order valence-electron chi connectivity index (χ1n) is 13.9. The summed E-state index contributed by atoms with van der Waals surface area (Å²) in [7, 11) is 0. The quantitative estimate of drug-likeness (QED) is 0.195. The Bertz CT molecular complexity index is 1770. The molecule has 1 aliphatic heterocycles. The van der Waals surface area contributed by atoms with Gasteiger partial charge in [-0.1, -0.05) is 30.3 Å². The van der Waals surface area contributed by atoms with Crippen LogP contribution in [0.4, 0.5) is 23.2 Å². The Kier molecular flexibility index (Phi) is 7.81. The standard InChI is InChI=1S/C32H27F4N5O3/c1-21-28(33)26(39-15-17-40(18-16-39)30(42)23-11-13-37-14-12-23)19-27-29(21)38-31(43-24-5-3-2-4-6-24)41(27)20-22-7-9-25(10-8-22)44-32(34,35)36/h2-14,19H,15-18,20H2,1H3. The molecule has 5 aromatic rings. The van der Waals surface area contributed by atoms with Gasteiger partial charge >= 0.3 is 12.4 Å². The van der Waals surface area contributed by atoms with Gasteiger partial charge in [-0.25, -0.2) is 4.39 Å². The molecule has 0 atom stereocenters. The van der Waals surface area contributed by atoms with Crippen LogP contribution in [0, 0.1) is 12.7 Å². The summed E-state index contributed by atoms with van der Waals surface area (Å²) < 4.78 is 65.8. The maximum absolute atomic E-state index is 15.9. The number of aryl methyl sites for hydroxylation is 1. The summed E-state index contributed by atoms with van der Waals surface area (Å²) in [5.41, 5.74) is 2.90. The highest BCUT2D eigenvalue weighted by molar-refractivity contribution is 5.94. The molecule has 1 aliphatic rings. The summed E-state index contributed by atoms with van der Waals surface area (Å²) in [6.07, 6.45) is -1.66. The predicted molar refractivity (Wildman–Crippen MR) is 156 cm³/mol. The third kappa shape index (κ3) is 6.14. The highest BCUT2D eigenvalue weighted by Crippen LogP contribution is 2.35. The summed E-state index contributed by atoms with van der Waals surface area (Å²) in [6, 6.07) is 19.8. The second kappa shape index (κ2) is 11.9. The van der Waals surface area contributed by atoms with E-state index in [0.717, 1.165) is 0 Å². The molecule has 1 fully saturated rings. The number of rotatable bonds is 7. The number of imidazole rings is 1. The molecule has 1 amide bonds. The molecule has 8 nitrogen and oxygen atoms in total. The van der Waals surface area contributed by atoms with E-state index in [1.54, 1.807) is 59.1 Å². The Morgan fingerprint density at radius 2 is 1.59 bits per heavy atom. The van der Waals surface area contributed by atoms with Crippen molar-refractivity contribution in [1.29, 1.82) is 0 Å². The minimum absolute atomic E-state index is 0.105. The van der Waals surface area contributed by atoms with Crippen LogP contribution in [0.5, 0.6) is 17.5 Å². The number of carbonyl (C=O) groups excluding carboxylic acids is 1. The first-order chi connectivity index (χ1) is 21.2. The molecule has 0 spiro atoms. The van der Waals surface area contributed by atoms with Gasteiger partial charge in [-0.2, -0.15) is 4.98 Å². The van der Waals surface area contributed by atoms with Crippen LogP contribution in [0.1, 0.15) is 21.5 Å². The number of halogens is 4. The lowest BCUT2D eigenvalue weighted by Gasteiger charge is -2.36. The Hall–Kier alpha value is -5.13. The number of amides is 1. The van der Waals surface area contributed by atoms with Gasteiger partial charge < -0.3 is 19.3 Å². The molecule has 44 heavy (non-hydrogen) atoms. The van der Waals surface area contributed by atoms with E-state index < -0.39 is 12.2 Å². The zero-order chi connectivity index (χ0) is 30.8. The number of fused-ring (bicyclic) bond motifs is 1.